The van der Waals surface area contributed by atoms with E-state index in [2.05, 4.69) is 10.1 Å². The van der Waals surface area contributed by atoms with Gasteiger partial charge in [0, 0.05) is 0 Å². The SMILES string of the molecule is CC.COc1ccccc1-c1noc(COc2ccc(F)c(C(N)=O)c2F)n1. The van der Waals surface area contributed by atoms with E-state index in [9.17, 15) is 13.6 Å². The average Bonchev–Trinajstić information content (AvgIpc) is 3.17. The lowest BCUT2D eigenvalue weighted by atomic mass is 10.1. The standard InChI is InChI=1S/C17H13F2N3O4.C2H6/c1-24-11-5-3-2-4-9(11)17-21-13(26-22-17)8-25-12-7-6-10(18)14(15(12)19)16(20)23;1-2/h2-7H,8H2,1H3,(H2,20,23);1-2H3. The van der Waals surface area contributed by atoms with Crippen LogP contribution in [0.4, 0.5) is 8.78 Å². The molecule has 0 aliphatic heterocycles. The number of nitrogens with two attached hydrogens (primary N) is 1. The monoisotopic (exact) mass is 391 g/mol. The van der Waals surface area contributed by atoms with Crippen molar-refractivity contribution in [3.05, 3.63) is 59.5 Å². The summed E-state index contributed by atoms with van der Waals surface area (Å²) < 4.78 is 43.0. The van der Waals surface area contributed by atoms with Gasteiger partial charge in [-0.25, -0.2) is 8.78 Å². The first-order chi connectivity index (χ1) is 13.5. The summed E-state index contributed by atoms with van der Waals surface area (Å²) in [5.41, 5.74) is 4.69. The van der Waals surface area contributed by atoms with Crippen LogP contribution in [-0.2, 0) is 6.61 Å². The number of hydrogen-bond donors (Lipinski definition) is 1. The van der Waals surface area contributed by atoms with Gasteiger partial charge in [0.1, 0.15) is 17.1 Å². The quantitative estimate of drug-likeness (QED) is 0.687. The lowest BCUT2D eigenvalue weighted by Gasteiger charge is -2.07. The molecule has 0 radical (unpaired) electrons. The van der Waals surface area contributed by atoms with E-state index >= 15 is 0 Å². The van der Waals surface area contributed by atoms with Crippen molar-refractivity contribution in [3.63, 3.8) is 0 Å². The number of benzene rings is 2. The lowest BCUT2D eigenvalue weighted by molar-refractivity contribution is 0.0991. The molecule has 2 aromatic carbocycles. The molecule has 0 unspecified atom stereocenters. The summed E-state index contributed by atoms with van der Waals surface area (Å²) in [6.45, 7) is 3.71. The van der Waals surface area contributed by atoms with E-state index < -0.39 is 23.1 Å². The number of nitrogens with zero attached hydrogens (tertiary/aromatic N) is 2. The van der Waals surface area contributed by atoms with E-state index in [1.54, 1.807) is 24.3 Å². The number of rotatable bonds is 6. The Balaban J connectivity index is 0.00000136. The molecule has 0 spiro atoms. The Morgan fingerprint density at radius 3 is 2.54 bits per heavy atom. The molecule has 1 amide bonds. The molecule has 0 atom stereocenters. The van der Waals surface area contributed by atoms with Gasteiger partial charge >= 0.3 is 0 Å². The maximum atomic E-state index is 14.1. The second kappa shape index (κ2) is 9.45. The maximum absolute atomic E-state index is 14.1. The first kappa shape index (κ1) is 20.8. The summed E-state index contributed by atoms with van der Waals surface area (Å²) in [6.07, 6.45) is 0. The Bertz CT molecular complexity index is 960. The zero-order valence-electron chi connectivity index (χ0n) is 15.5. The zero-order chi connectivity index (χ0) is 20.7. The molecule has 2 N–H and O–H groups in total. The number of hydrogen-bond acceptors (Lipinski definition) is 6. The van der Waals surface area contributed by atoms with Crippen molar-refractivity contribution in [1.29, 1.82) is 0 Å². The van der Waals surface area contributed by atoms with Crippen molar-refractivity contribution in [2.75, 3.05) is 7.11 Å². The Morgan fingerprint density at radius 2 is 1.86 bits per heavy atom. The number of carbonyl (C=O) groups is 1. The number of carbonyl (C=O) groups excluding carboxylic acids is 1. The third-order valence-corrected chi connectivity index (χ3v) is 3.47. The van der Waals surface area contributed by atoms with Crippen LogP contribution in [0.2, 0.25) is 0 Å². The summed E-state index contributed by atoms with van der Waals surface area (Å²) in [7, 11) is 1.51. The summed E-state index contributed by atoms with van der Waals surface area (Å²) in [4.78, 5) is 15.3. The number of halogens is 2. The molecule has 0 aliphatic rings. The Kier molecular flexibility index (Phi) is 7.02. The number of ether oxygens (including phenoxy) is 2. The first-order valence-electron chi connectivity index (χ1n) is 8.38. The first-order valence-corrected chi connectivity index (χ1v) is 8.38. The van der Waals surface area contributed by atoms with Gasteiger partial charge < -0.3 is 19.7 Å². The topological polar surface area (TPSA) is 100 Å². The Morgan fingerprint density at radius 1 is 1.14 bits per heavy atom. The molecular formula is C19H19F2N3O4. The summed E-state index contributed by atoms with van der Waals surface area (Å²) >= 11 is 0. The van der Waals surface area contributed by atoms with E-state index in [0.29, 0.717) is 11.3 Å². The van der Waals surface area contributed by atoms with Crippen molar-refractivity contribution in [2.45, 2.75) is 20.5 Å². The van der Waals surface area contributed by atoms with Crippen LogP contribution in [0.15, 0.2) is 40.9 Å². The lowest BCUT2D eigenvalue weighted by Crippen LogP contribution is -2.16. The number of amides is 1. The fraction of sp³-hybridized carbons (Fsp3) is 0.211. The Labute approximate surface area is 160 Å². The number of primary amides is 1. The smallest absolute Gasteiger partial charge is 0.264 e. The fourth-order valence-electron chi connectivity index (χ4n) is 2.26. The van der Waals surface area contributed by atoms with Crippen LogP contribution in [0.5, 0.6) is 11.5 Å². The molecular weight excluding hydrogens is 372 g/mol. The third-order valence-electron chi connectivity index (χ3n) is 3.47. The van der Waals surface area contributed by atoms with Crippen molar-refractivity contribution in [1.82, 2.24) is 10.1 Å². The molecule has 3 aromatic rings. The van der Waals surface area contributed by atoms with Gasteiger partial charge in [0.25, 0.3) is 11.8 Å². The minimum absolute atomic E-state index is 0.0512. The number of methoxy groups -OCH3 is 1. The van der Waals surface area contributed by atoms with Crippen LogP contribution in [-0.4, -0.2) is 23.2 Å². The van der Waals surface area contributed by atoms with Gasteiger partial charge in [-0.1, -0.05) is 31.1 Å². The van der Waals surface area contributed by atoms with E-state index in [0.717, 1.165) is 12.1 Å². The molecule has 1 aromatic heterocycles. The second-order valence-corrected chi connectivity index (χ2v) is 5.10. The molecule has 7 nitrogen and oxygen atoms in total. The minimum atomic E-state index is -1.23. The molecule has 0 bridgehead atoms. The van der Waals surface area contributed by atoms with Crippen molar-refractivity contribution < 1.29 is 27.6 Å². The summed E-state index contributed by atoms with van der Waals surface area (Å²) in [6, 6.07) is 8.97. The molecule has 1 heterocycles. The highest BCUT2D eigenvalue weighted by Gasteiger charge is 2.20. The second-order valence-electron chi connectivity index (χ2n) is 5.10. The molecule has 0 aliphatic carbocycles. The number of para-hydroxylation sites is 1. The highest BCUT2D eigenvalue weighted by molar-refractivity contribution is 5.93. The van der Waals surface area contributed by atoms with Gasteiger partial charge in [0.15, 0.2) is 18.2 Å². The van der Waals surface area contributed by atoms with Crippen molar-refractivity contribution >= 4 is 5.91 Å². The highest BCUT2D eigenvalue weighted by atomic mass is 19.1. The molecule has 0 fully saturated rings. The van der Waals surface area contributed by atoms with Crippen LogP contribution in [0, 0.1) is 11.6 Å². The summed E-state index contributed by atoms with van der Waals surface area (Å²) in [5, 5.41) is 3.82. The van der Waals surface area contributed by atoms with Crippen LogP contribution >= 0.6 is 0 Å². The van der Waals surface area contributed by atoms with Gasteiger partial charge in [0.05, 0.1) is 12.7 Å². The predicted octanol–water partition coefficient (Wildman–Crippen LogP) is 3.73. The molecule has 0 saturated carbocycles. The van der Waals surface area contributed by atoms with Crippen LogP contribution < -0.4 is 15.2 Å². The van der Waals surface area contributed by atoms with Crippen LogP contribution in [0.1, 0.15) is 30.1 Å². The molecule has 9 heteroatoms. The van der Waals surface area contributed by atoms with Gasteiger partial charge in [-0.05, 0) is 24.3 Å². The van der Waals surface area contributed by atoms with Crippen molar-refractivity contribution in [2.24, 2.45) is 5.73 Å². The van der Waals surface area contributed by atoms with E-state index in [4.69, 9.17) is 19.7 Å². The molecule has 3 rings (SSSR count). The maximum Gasteiger partial charge on any atom is 0.264 e. The average molecular weight is 391 g/mol. The van der Waals surface area contributed by atoms with Crippen molar-refractivity contribution in [3.8, 4) is 22.9 Å². The normalized spacial score (nSPS) is 10.0. The highest BCUT2D eigenvalue weighted by Crippen LogP contribution is 2.28. The van der Waals surface area contributed by atoms with Crippen LogP contribution in [0.3, 0.4) is 0 Å². The number of aromatic nitrogens is 2. The third kappa shape index (κ3) is 4.43. The Hall–Kier alpha value is -3.49. The molecule has 0 saturated heterocycles. The largest absolute Gasteiger partial charge is 0.496 e. The van der Waals surface area contributed by atoms with Gasteiger partial charge in [-0.2, -0.15) is 4.98 Å². The van der Waals surface area contributed by atoms with Gasteiger partial charge in [-0.3, -0.25) is 4.79 Å². The van der Waals surface area contributed by atoms with E-state index in [1.807, 2.05) is 13.8 Å². The predicted molar refractivity (Wildman–Crippen MR) is 96.8 cm³/mol. The van der Waals surface area contributed by atoms with E-state index in [1.165, 1.54) is 7.11 Å². The van der Waals surface area contributed by atoms with Crippen LogP contribution in [0.25, 0.3) is 11.4 Å². The van der Waals surface area contributed by atoms with E-state index in [-0.39, 0.29) is 24.1 Å². The zero-order valence-corrected chi connectivity index (χ0v) is 15.5. The van der Waals surface area contributed by atoms with Gasteiger partial charge in [0.2, 0.25) is 5.82 Å². The molecule has 28 heavy (non-hydrogen) atoms. The fourth-order valence-corrected chi connectivity index (χ4v) is 2.26. The van der Waals surface area contributed by atoms with Gasteiger partial charge in [-0.15, -0.1) is 0 Å². The summed E-state index contributed by atoms with van der Waals surface area (Å²) in [5.74, 6) is -3.00. The molecule has 148 valence electrons. The minimum Gasteiger partial charge on any atom is -0.496 e.